The summed E-state index contributed by atoms with van der Waals surface area (Å²) in [7, 11) is 1.66. The summed E-state index contributed by atoms with van der Waals surface area (Å²) < 4.78 is 10.9. The summed E-state index contributed by atoms with van der Waals surface area (Å²) in [6, 6.07) is 6.00. The zero-order valence-electron chi connectivity index (χ0n) is 9.74. The Labute approximate surface area is 96.0 Å². The molecular weight excluding hydrogens is 208 g/mol. The van der Waals surface area contributed by atoms with E-state index in [-0.39, 0.29) is 0 Å². The molecule has 0 atom stereocenters. The van der Waals surface area contributed by atoms with E-state index >= 15 is 0 Å². The highest BCUT2D eigenvalue weighted by Crippen LogP contribution is 2.31. The van der Waals surface area contributed by atoms with E-state index in [1.54, 1.807) is 18.9 Å². The minimum absolute atomic E-state index is 0.521. The van der Waals surface area contributed by atoms with E-state index in [0.717, 1.165) is 11.5 Å². The molecule has 0 spiro atoms. The van der Waals surface area contributed by atoms with E-state index in [1.165, 1.54) is 4.90 Å². The zero-order chi connectivity index (χ0) is 11.3. The number of methoxy groups -OCH3 is 1. The molecule has 0 aromatic heterocycles. The molecule has 84 valence electrons. The number of hydrogen-bond donors (Lipinski definition) is 0. The van der Waals surface area contributed by atoms with Crippen molar-refractivity contribution in [2.75, 3.05) is 20.0 Å². The van der Waals surface area contributed by atoms with E-state index in [4.69, 9.17) is 9.47 Å². The Morgan fingerprint density at radius 3 is 2.53 bits per heavy atom. The van der Waals surface area contributed by atoms with Gasteiger partial charge in [0.2, 0.25) is 0 Å². The van der Waals surface area contributed by atoms with Crippen molar-refractivity contribution in [1.29, 1.82) is 0 Å². The third kappa shape index (κ3) is 3.67. The lowest BCUT2D eigenvalue weighted by atomic mass is 10.2. The minimum Gasteiger partial charge on any atom is -0.493 e. The maximum atomic E-state index is 5.69. The van der Waals surface area contributed by atoms with Gasteiger partial charge in [-0.2, -0.15) is 0 Å². The summed E-state index contributed by atoms with van der Waals surface area (Å²) in [6.07, 6.45) is 2.05. The van der Waals surface area contributed by atoms with Gasteiger partial charge in [-0.1, -0.05) is 13.8 Å². The molecule has 1 aromatic carbocycles. The molecule has 3 heteroatoms. The van der Waals surface area contributed by atoms with Crippen LogP contribution in [0, 0.1) is 5.92 Å². The highest BCUT2D eigenvalue weighted by Gasteiger charge is 2.06. The first-order chi connectivity index (χ1) is 7.17. The number of thioether (sulfide) groups is 1. The first-order valence-corrected chi connectivity index (χ1v) is 6.24. The van der Waals surface area contributed by atoms with Gasteiger partial charge in [0.15, 0.2) is 11.5 Å². The monoisotopic (exact) mass is 226 g/mol. The molecule has 0 saturated carbocycles. The first-order valence-electron chi connectivity index (χ1n) is 5.02. The van der Waals surface area contributed by atoms with Gasteiger partial charge in [0, 0.05) is 4.90 Å². The molecule has 0 N–H and O–H groups in total. The van der Waals surface area contributed by atoms with Crippen molar-refractivity contribution in [2.24, 2.45) is 5.92 Å². The maximum Gasteiger partial charge on any atom is 0.162 e. The van der Waals surface area contributed by atoms with Gasteiger partial charge < -0.3 is 9.47 Å². The van der Waals surface area contributed by atoms with Gasteiger partial charge in [0.25, 0.3) is 0 Å². The van der Waals surface area contributed by atoms with Crippen LogP contribution in [0.5, 0.6) is 11.5 Å². The van der Waals surface area contributed by atoms with Crippen LogP contribution in [-0.2, 0) is 0 Å². The summed E-state index contributed by atoms with van der Waals surface area (Å²) in [6.45, 7) is 4.98. The van der Waals surface area contributed by atoms with Crippen molar-refractivity contribution in [2.45, 2.75) is 18.7 Å². The van der Waals surface area contributed by atoms with E-state index in [2.05, 4.69) is 13.8 Å². The SMILES string of the molecule is COc1ccc(SC)cc1OCC(C)C. The third-order valence-corrected chi connectivity index (χ3v) is 2.67. The normalized spacial score (nSPS) is 10.5. The van der Waals surface area contributed by atoms with Crippen molar-refractivity contribution in [3.8, 4) is 11.5 Å². The average Bonchev–Trinajstić information content (AvgIpc) is 2.25. The van der Waals surface area contributed by atoms with Gasteiger partial charge in [0.05, 0.1) is 13.7 Å². The van der Waals surface area contributed by atoms with Crippen LogP contribution in [0.1, 0.15) is 13.8 Å². The van der Waals surface area contributed by atoms with Crippen LogP contribution in [-0.4, -0.2) is 20.0 Å². The summed E-state index contributed by atoms with van der Waals surface area (Å²) >= 11 is 1.70. The number of rotatable bonds is 5. The fraction of sp³-hybridized carbons (Fsp3) is 0.500. The maximum absolute atomic E-state index is 5.69. The van der Waals surface area contributed by atoms with Gasteiger partial charge in [-0.15, -0.1) is 11.8 Å². The molecule has 0 unspecified atom stereocenters. The lowest BCUT2D eigenvalue weighted by Crippen LogP contribution is -2.05. The highest BCUT2D eigenvalue weighted by molar-refractivity contribution is 7.98. The van der Waals surface area contributed by atoms with Crippen molar-refractivity contribution >= 4 is 11.8 Å². The molecule has 0 aliphatic heterocycles. The molecule has 0 aliphatic rings. The van der Waals surface area contributed by atoms with E-state index in [1.807, 2.05) is 24.5 Å². The van der Waals surface area contributed by atoms with Crippen LogP contribution in [0.2, 0.25) is 0 Å². The summed E-state index contributed by atoms with van der Waals surface area (Å²) in [5.41, 5.74) is 0. The molecule has 0 radical (unpaired) electrons. The number of ether oxygens (including phenoxy) is 2. The fourth-order valence-corrected chi connectivity index (χ4v) is 1.58. The lowest BCUT2D eigenvalue weighted by molar-refractivity contribution is 0.256. The molecule has 0 saturated heterocycles. The van der Waals surface area contributed by atoms with Gasteiger partial charge in [0.1, 0.15) is 0 Å². The second-order valence-corrected chi connectivity index (χ2v) is 4.60. The molecule has 0 aliphatic carbocycles. The Morgan fingerprint density at radius 2 is 2.00 bits per heavy atom. The predicted molar refractivity (Wildman–Crippen MR) is 65.1 cm³/mol. The van der Waals surface area contributed by atoms with E-state index in [0.29, 0.717) is 12.5 Å². The van der Waals surface area contributed by atoms with Crippen molar-refractivity contribution < 1.29 is 9.47 Å². The second kappa shape index (κ2) is 5.91. The fourth-order valence-electron chi connectivity index (χ4n) is 1.15. The molecule has 0 bridgehead atoms. The first kappa shape index (κ1) is 12.2. The molecule has 0 amide bonds. The van der Waals surface area contributed by atoms with Crippen molar-refractivity contribution in [1.82, 2.24) is 0 Å². The number of hydrogen-bond acceptors (Lipinski definition) is 3. The Morgan fingerprint density at radius 1 is 1.27 bits per heavy atom. The van der Waals surface area contributed by atoms with Crippen LogP contribution in [0.25, 0.3) is 0 Å². The Kier molecular flexibility index (Phi) is 4.82. The average molecular weight is 226 g/mol. The molecular formula is C12H18O2S. The number of benzene rings is 1. The smallest absolute Gasteiger partial charge is 0.162 e. The van der Waals surface area contributed by atoms with Crippen LogP contribution in [0.15, 0.2) is 23.1 Å². The van der Waals surface area contributed by atoms with Gasteiger partial charge in [-0.3, -0.25) is 0 Å². The summed E-state index contributed by atoms with van der Waals surface area (Å²) in [5.74, 6) is 2.15. The Bertz CT molecular complexity index is 310. The lowest BCUT2D eigenvalue weighted by Gasteiger charge is -2.13. The molecule has 1 aromatic rings. The topological polar surface area (TPSA) is 18.5 Å². The van der Waals surface area contributed by atoms with Gasteiger partial charge >= 0.3 is 0 Å². The largest absolute Gasteiger partial charge is 0.493 e. The molecule has 1 rings (SSSR count). The molecule has 0 fully saturated rings. The third-order valence-electron chi connectivity index (χ3n) is 1.94. The minimum atomic E-state index is 0.521. The summed E-state index contributed by atoms with van der Waals surface area (Å²) in [5, 5.41) is 0. The quantitative estimate of drug-likeness (QED) is 0.716. The second-order valence-electron chi connectivity index (χ2n) is 3.72. The van der Waals surface area contributed by atoms with Gasteiger partial charge in [-0.05, 0) is 30.4 Å². The standard InChI is InChI=1S/C12H18O2S/c1-9(2)8-14-12-7-10(15-4)5-6-11(12)13-3/h5-7,9H,8H2,1-4H3. The van der Waals surface area contributed by atoms with Crippen molar-refractivity contribution in [3.05, 3.63) is 18.2 Å². The van der Waals surface area contributed by atoms with Crippen LogP contribution >= 0.6 is 11.8 Å². The molecule has 2 nitrogen and oxygen atoms in total. The van der Waals surface area contributed by atoms with Crippen molar-refractivity contribution in [3.63, 3.8) is 0 Å². The van der Waals surface area contributed by atoms with Crippen LogP contribution < -0.4 is 9.47 Å². The molecule has 15 heavy (non-hydrogen) atoms. The Balaban J connectivity index is 2.81. The summed E-state index contributed by atoms with van der Waals surface area (Å²) in [4.78, 5) is 1.19. The van der Waals surface area contributed by atoms with E-state index in [9.17, 15) is 0 Å². The zero-order valence-corrected chi connectivity index (χ0v) is 10.6. The van der Waals surface area contributed by atoms with Gasteiger partial charge in [-0.25, -0.2) is 0 Å². The van der Waals surface area contributed by atoms with Crippen LogP contribution in [0.4, 0.5) is 0 Å². The highest BCUT2D eigenvalue weighted by atomic mass is 32.2. The Hall–Kier alpha value is -0.830. The van der Waals surface area contributed by atoms with Crippen LogP contribution in [0.3, 0.4) is 0 Å². The molecule has 0 heterocycles. The van der Waals surface area contributed by atoms with E-state index < -0.39 is 0 Å². The predicted octanol–water partition coefficient (Wildman–Crippen LogP) is 3.45.